The average Bonchev–Trinajstić information content (AvgIpc) is 3.34. The number of aromatic nitrogens is 4. The highest BCUT2D eigenvalue weighted by Gasteiger charge is 2.20. The van der Waals surface area contributed by atoms with Crippen molar-refractivity contribution in [3.8, 4) is 11.5 Å². The summed E-state index contributed by atoms with van der Waals surface area (Å²) in [4.78, 5) is 9.25. The Balaban J connectivity index is 1.41. The summed E-state index contributed by atoms with van der Waals surface area (Å²) in [6.45, 7) is 4.17. The van der Waals surface area contributed by atoms with Gasteiger partial charge in [-0.05, 0) is 38.3 Å². The van der Waals surface area contributed by atoms with Crippen LogP contribution in [0.3, 0.4) is 0 Å². The van der Waals surface area contributed by atoms with Crippen molar-refractivity contribution in [1.82, 2.24) is 20.2 Å². The summed E-state index contributed by atoms with van der Waals surface area (Å²) in [6, 6.07) is 6.29. The number of hydrogen-bond donors (Lipinski definition) is 1. The Bertz CT molecular complexity index is 864. The zero-order valence-corrected chi connectivity index (χ0v) is 15.4. The van der Waals surface area contributed by atoms with Gasteiger partial charge < -0.3 is 4.42 Å². The van der Waals surface area contributed by atoms with Gasteiger partial charge in [0.25, 0.3) is 0 Å². The Morgan fingerprint density at radius 2 is 2.04 bits per heavy atom. The molecular formula is C19H22N4OS. The predicted molar refractivity (Wildman–Crippen MR) is 98.6 cm³/mol. The number of aryl methyl sites for hydroxylation is 2. The van der Waals surface area contributed by atoms with Crippen molar-refractivity contribution in [2.45, 2.75) is 56.4 Å². The van der Waals surface area contributed by atoms with Gasteiger partial charge in [-0.2, -0.15) is 0 Å². The number of benzene rings is 1. The van der Waals surface area contributed by atoms with Crippen LogP contribution >= 0.6 is 11.8 Å². The van der Waals surface area contributed by atoms with Crippen LogP contribution in [0.2, 0.25) is 0 Å². The number of H-pyrrole nitrogens is 1. The van der Waals surface area contributed by atoms with E-state index in [1.807, 2.05) is 0 Å². The molecule has 130 valence electrons. The minimum Gasteiger partial charge on any atom is -0.444 e. The van der Waals surface area contributed by atoms with E-state index in [1.54, 1.807) is 18.0 Å². The van der Waals surface area contributed by atoms with Crippen LogP contribution in [0.4, 0.5) is 0 Å². The highest BCUT2D eigenvalue weighted by atomic mass is 32.2. The summed E-state index contributed by atoms with van der Waals surface area (Å²) in [5, 5.41) is 8.22. The third kappa shape index (κ3) is 3.63. The van der Waals surface area contributed by atoms with Crippen LogP contribution < -0.4 is 0 Å². The fraction of sp³-hybridized carbons (Fsp3) is 0.421. The van der Waals surface area contributed by atoms with Crippen LogP contribution in [-0.4, -0.2) is 20.2 Å². The molecule has 0 unspecified atom stereocenters. The van der Waals surface area contributed by atoms with Crippen LogP contribution in [0.15, 0.2) is 34.0 Å². The number of aromatic amines is 1. The summed E-state index contributed by atoms with van der Waals surface area (Å²) in [5.74, 6) is 2.98. The lowest BCUT2D eigenvalue weighted by molar-refractivity contribution is 0.573. The molecule has 0 bridgehead atoms. The molecular weight excluding hydrogens is 332 g/mol. The van der Waals surface area contributed by atoms with E-state index < -0.39 is 0 Å². The van der Waals surface area contributed by atoms with Crippen LogP contribution in [0.5, 0.6) is 0 Å². The normalized spacial score (nSPS) is 15.1. The Morgan fingerprint density at radius 1 is 1.20 bits per heavy atom. The molecule has 5 nitrogen and oxygen atoms in total. The molecule has 1 aromatic carbocycles. The number of nitrogens with zero attached hydrogens (tertiary/aromatic N) is 3. The molecule has 1 aliphatic rings. The van der Waals surface area contributed by atoms with Gasteiger partial charge in [-0.25, -0.2) is 9.97 Å². The lowest BCUT2D eigenvalue weighted by Crippen LogP contribution is -1.94. The highest BCUT2D eigenvalue weighted by molar-refractivity contribution is 7.98. The van der Waals surface area contributed by atoms with Crippen LogP contribution in [-0.2, 0) is 5.75 Å². The van der Waals surface area contributed by atoms with E-state index in [-0.39, 0.29) is 0 Å². The fourth-order valence-electron chi connectivity index (χ4n) is 3.39. The summed E-state index contributed by atoms with van der Waals surface area (Å²) in [5.41, 5.74) is 4.37. The van der Waals surface area contributed by atoms with Gasteiger partial charge in [0.2, 0.25) is 11.0 Å². The number of oxazole rings is 1. The van der Waals surface area contributed by atoms with E-state index >= 15 is 0 Å². The molecule has 0 amide bonds. The summed E-state index contributed by atoms with van der Waals surface area (Å²) >= 11 is 1.59. The first-order valence-corrected chi connectivity index (χ1v) is 9.75. The van der Waals surface area contributed by atoms with Crippen molar-refractivity contribution in [2.75, 3.05) is 0 Å². The van der Waals surface area contributed by atoms with Gasteiger partial charge in [-0.1, -0.05) is 42.3 Å². The minimum absolute atomic E-state index is 0.560. The molecule has 4 rings (SSSR count). The van der Waals surface area contributed by atoms with Gasteiger partial charge in [0.1, 0.15) is 12.1 Å². The number of rotatable bonds is 5. The average molecular weight is 354 g/mol. The minimum atomic E-state index is 0.560. The smallest absolute Gasteiger partial charge is 0.226 e. The number of hydrogen-bond acceptors (Lipinski definition) is 5. The van der Waals surface area contributed by atoms with E-state index in [2.05, 4.69) is 52.2 Å². The largest absolute Gasteiger partial charge is 0.444 e. The van der Waals surface area contributed by atoms with E-state index in [0.29, 0.717) is 17.6 Å². The monoisotopic (exact) mass is 354 g/mol. The lowest BCUT2D eigenvalue weighted by Gasteiger charge is -2.02. The quantitative estimate of drug-likeness (QED) is 0.651. The first-order valence-electron chi connectivity index (χ1n) is 8.76. The van der Waals surface area contributed by atoms with Crippen molar-refractivity contribution in [1.29, 1.82) is 0 Å². The van der Waals surface area contributed by atoms with Gasteiger partial charge >= 0.3 is 0 Å². The van der Waals surface area contributed by atoms with Crippen LogP contribution in [0.25, 0.3) is 11.5 Å². The fourth-order valence-corrected chi connectivity index (χ4v) is 4.08. The summed E-state index contributed by atoms with van der Waals surface area (Å²) < 4.78 is 5.67. The van der Waals surface area contributed by atoms with Crippen molar-refractivity contribution < 1.29 is 4.42 Å². The molecule has 6 heteroatoms. The Morgan fingerprint density at radius 3 is 2.84 bits per heavy atom. The van der Waals surface area contributed by atoms with E-state index in [9.17, 15) is 0 Å². The Labute approximate surface area is 151 Å². The standard InChI is InChI=1S/C19H22N4OS/c1-12-7-8-16(13(2)9-12)18-20-15(10-24-18)11-25-19-21-17(22-23-19)14-5-3-4-6-14/h7-10,14H,3-6,11H2,1-2H3,(H,21,22,23). The van der Waals surface area contributed by atoms with E-state index in [4.69, 9.17) is 4.42 Å². The Hall–Kier alpha value is -2.08. The zero-order chi connectivity index (χ0) is 17.2. The molecule has 0 spiro atoms. The topological polar surface area (TPSA) is 67.6 Å². The molecule has 0 aliphatic heterocycles. The molecule has 2 heterocycles. The first-order chi connectivity index (χ1) is 12.2. The van der Waals surface area contributed by atoms with Crippen molar-refractivity contribution in [3.05, 3.63) is 47.1 Å². The molecule has 3 aromatic rings. The first kappa shape index (κ1) is 16.4. The SMILES string of the molecule is Cc1ccc(-c2nc(CSc3n[nH]c(C4CCCC4)n3)co2)c(C)c1. The number of thioether (sulfide) groups is 1. The Kier molecular flexibility index (Phi) is 4.61. The maximum atomic E-state index is 5.67. The van der Waals surface area contributed by atoms with Crippen molar-refractivity contribution in [2.24, 2.45) is 0 Å². The molecule has 0 saturated heterocycles. The second kappa shape index (κ2) is 7.04. The maximum absolute atomic E-state index is 5.67. The highest BCUT2D eigenvalue weighted by Crippen LogP contribution is 2.33. The van der Waals surface area contributed by atoms with Crippen molar-refractivity contribution in [3.63, 3.8) is 0 Å². The summed E-state index contributed by atoms with van der Waals surface area (Å²) in [7, 11) is 0. The second-order valence-corrected chi connectivity index (χ2v) is 7.68. The van der Waals surface area contributed by atoms with Gasteiger partial charge in [-0.3, -0.25) is 5.10 Å². The van der Waals surface area contributed by atoms with Gasteiger partial charge in [0.05, 0.1) is 5.69 Å². The summed E-state index contributed by atoms with van der Waals surface area (Å²) in [6.07, 6.45) is 6.78. The zero-order valence-electron chi connectivity index (χ0n) is 14.6. The van der Waals surface area contributed by atoms with Gasteiger partial charge in [-0.15, -0.1) is 5.10 Å². The predicted octanol–water partition coefficient (Wildman–Crippen LogP) is 5.03. The van der Waals surface area contributed by atoms with Crippen molar-refractivity contribution >= 4 is 11.8 Å². The number of nitrogens with one attached hydrogen (secondary N) is 1. The lowest BCUT2D eigenvalue weighted by atomic mass is 10.1. The molecule has 1 aliphatic carbocycles. The van der Waals surface area contributed by atoms with Crippen LogP contribution in [0.1, 0.15) is 54.2 Å². The van der Waals surface area contributed by atoms with E-state index in [0.717, 1.165) is 22.2 Å². The molecule has 0 radical (unpaired) electrons. The molecule has 25 heavy (non-hydrogen) atoms. The van der Waals surface area contributed by atoms with Gasteiger partial charge in [0.15, 0.2) is 0 Å². The maximum Gasteiger partial charge on any atom is 0.226 e. The van der Waals surface area contributed by atoms with Gasteiger partial charge in [0, 0.05) is 17.2 Å². The third-order valence-corrected chi connectivity index (χ3v) is 5.62. The second-order valence-electron chi connectivity index (χ2n) is 6.74. The molecule has 1 fully saturated rings. The van der Waals surface area contributed by atoms with E-state index in [1.165, 1.54) is 36.8 Å². The molecule has 2 aromatic heterocycles. The third-order valence-electron chi connectivity index (χ3n) is 4.74. The molecule has 0 atom stereocenters. The van der Waals surface area contributed by atoms with Crippen LogP contribution in [0, 0.1) is 13.8 Å². The molecule has 1 N–H and O–H groups in total. The molecule has 1 saturated carbocycles.